The normalized spacial score (nSPS) is 29.2. The van der Waals surface area contributed by atoms with Gasteiger partial charge in [-0.2, -0.15) is 0 Å². The van der Waals surface area contributed by atoms with Crippen LogP contribution in [0.2, 0.25) is 0 Å². The lowest BCUT2D eigenvalue weighted by Crippen LogP contribution is -2.43. The van der Waals surface area contributed by atoms with Gasteiger partial charge >= 0.3 is 0 Å². The number of hydrogen-bond acceptors (Lipinski definition) is 1. The van der Waals surface area contributed by atoms with Gasteiger partial charge in [0.05, 0.1) is 5.60 Å². The van der Waals surface area contributed by atoms with Gasteiger partial charge in [0, 0.05) is 0 Å². The average Bonchev–Trinajstić information content (AvgIpc) is 2.16. The Kier molecular flexibility index (Phi) is 2.79. The molecule has 1 fully saturated rings. The molecule has 0 saturated heterocycles. The Morgan fingerprint density at radius 1 is 1.38 bits per heavy atom. The number of halogens is 1. The van der Waals surface area contributed by atoms with Gasteiger partial charge in [0.25, 0.3) is 0 Å². The molecule has 16 heavy (non-hydrogen) atoms. The van der Waals surface area contributed by atoms with E-state index in [4.69, 9.17) is 0 Å². The quantitative estimate of drug-likeness (QED) is 0.813. The summed E-state index contributed by atoms with van der Waals surface area (Å²) >= 11 is 0. The van der Waals surface area contributed by atoms with E-state index in [-0.39, 0.29) is 5.82 Å². The smallest absolute Gasteiger partial charge is 0.123 e. The molecule has 2 heteroatoms. The van der Waals surface area contributed by atoms with Crippen molar-refractivity contribution in [3.05, 3.63) is 35.1 Å². The van der Waals surface area contributed by atoms with Gasteiger partial charge in [-0.25, -0.2) is 4.39 Å². The first-order chi connectivity index (χ1) is 7.42. The van der Waals surface area contributed by atoms with Crippen molar-refractivity contribution in [2.24, 2.45) is 11.8 Å². The number of aliphatic hydroxyl groups is 1. The molecule has 1 aromatic rings. The van der Waals surface area contributed by atoms with E-state index in [9.17, 15) is 9.50 Å². The zero-order chi connectivity index (χ0) is 11.9. The van der Waals surface area contributed by atoms with E-state index in [0.29, 0.717) is 11.8 Å². The summed E-state index contributed by atoms with van der Waals surface area (Å²) in [6, 6.07) is 4.66. The zero-order valence-corrected chi connectivity index (χ0v) is 10.1. The first-order valence-electron chi connectivity index (χ1n) is 5.91. The lowest BCUT2D eigenvalue weighted by atomic mass is 9.63. The minimum atomic E-state index is -0.791. The van der Waals surface area contributed by atoms with Gasteiger partial charge in [0.2, 0.25) is 0 Å². The lowest BCUT2D eigenvalue weighted by molar-refractivity contribution is -0.0939. The molecule has 0 amide bonds. The molecular formula is C14H19FO. The van der Waals surface area contributed by atoms with Gasteiger partial charge < -0.3 is 5.11 Å². The van der Waals surface area contributed by atoms with Crippen molar-refractivity contribution >= 4 is 0 Å². The van der Waals surface area contributed by atoms with Crippen LogP contribution in [0.5, 0.6) is 0 Å². The molecule has 0 bridgehead atoms. The second-order valence-corrected chi connectivity index (χ2v) is 5.40. The average molecular weight is 222 g/mol. The van der Waals surface area contributed by atoms with Crippen molar-refractivity contribution in [2.75, 3.05) is 0 Å². The summed E-state index contributed by atoms with van der Waals surface area (Å²) in [6.45, 7) is 6.26. The molecule has 1 aromatic carbocycles. The molecule has 0 aliphatic heterocycles. The van der Waals surface area contributed by atoms with Gasteiger partial charge in [-0.05, 0) is 54.9 Å². The number of rotatable bonds is 2. The fraction of sp³-hybridized carbons (Fsp3) is 0.571. The van der Waals surface area contributed by atoms with Crippen LogP contribution in [0.25, 0.3) is 0 Å². The Balaban J connectivity index is 2.23. The van der Waals surface area contributed by atoms with E-state index in [1.165, 1.54) is 12.1 Å². The summed E-state index contributed by atoms with van der Waals surface area (Å²) in [4.78, 5) is 0. The fourth-order valence-electron chi connectivity index (χ4n) is 2.59. The van der Waals surface area contributed by atoms with E-state index in [1.54, 1.807) is 6.07 Å². The molecule has 0 spiro atoms. The van der Waals surface area contributed by atoms with Crippen molar-refractivity contribution in [3.8, 4) is 0 Å². The Hall–Kier alpha value is -0.890. The maximum atomic E-state index is 13.2. The van der Waals surface area contributed by atoms with Crippen LogP contribution in [0, 0.1) is 24.6 Å². The summed E-state index contributed by atoms with van der Waals surface area (Å²) in [7, 11) is 0. The molecule has 0 aromatic heterocycles. The molecule has 0 heterocycles. The van der Waals surface area contributed by atoms with Crippen LogP contribution in [0.4, 0.5) is 4.39 Å². The fourth-order valence-corrected chi connectivity index (χ4v) is 2.59. The first kappa shape index (κ1) is 11.6. The van der Waals surface area contributed by atoms with Crippen LogP contribution < -0.4 is 0 Å². The van der Waals surface area contributed by atoms with Gasteiger partial charge in [0.15, 0.2) is 0 Å². The topological polar surface area (TPSA) is 20.2 Å². The third-order valence-corrected chi connectivity index (χ3v) is 3.84. The number of hydrogen-bond donors (Lipinski definition) is 1. The summed E-state index contributed by atoms with van der Waals surface area (Å²) in [5, 5.41) is 10.4. The molecule has 0 radical (unpaired) electrons. The highest BCUT2D eigenvalue weighted by Gasteiger charge is 2.45. The Bertz CT molecular complexity index is 392. The molecule has 2 rings (SSSR count). The van der Waals surface area contributed by atoms with Crippen LogP contribution >= 0.6 is 0 Å². The van der Waals surface area contributed by atoms with E-state index < -0.39 is 5.60 Å². The van der Waals surface area contributed by atoms with Crippen LogP contribution in [0.15, 0.2) is 18.2 Å². The van der Waals surface area contributed by atoms with E-state index in [1.807, 2.05) is 6.92 Å². The summed E-state index contributed by atoms with van der Waals surface area (Å²) in [5.41, 5.74) is 0.955. The standard InChI is InChI=1S/C14H19FO/c1-9(2)11-7-14(16,8-11)13-6-12(15)5-4-10(13)3/h4-6,9,11,16H,7-8H2,1-3H3. The molecular weight excluding hydrogens is 203 g/mol. The Morgan fingerprint density at radius 2 is 2.00 bits per heavy atom. The second-order valence-electron chi connectivity index (χ2n) is 5.40. The minimum absolute atomic E-state index is 0.262. The maximum absolute atomic E-state index is 13.2. The van der Waals surface area contributed by atoms with Gasteiger partial charge in [-0.15, -0.1) is 0 Å². The molecule has 1 saturated carbocycles. The van der Waals surface area contributed by atoms with Gasteiger partial charge in [-0.3, -0.25) is 0 Å². The lowest BCUT2D eigenvalue weighted by Gasteiger charge is -2.46. The Labute approximate surface area is 96.3 Å². The maximum Gasteiger partial charge on any atom is 0.123 e. The second kappa shape index (κ2) is 3.85. The number of benzene rings is 1. The molecule has 1 aliphatic rings. The molecule has 0 atom stereocenters. The molecule has 1 nitrogen and oxygen atoms in total. The highest BCUT2D eigenvalue weighted by atomic mass is 19.1. The highest BCUT2D eigenvalue weighted by molar-refractivity contribution is 5.34. The van der Waals surface area contributed by atoms with Crippen molar-refractivity contribution < 1.29 is 9.50 Å². The van der Waals surface area contributed by atoms with Crippen LogP contribution in [0.3, 0.4) is 0 Å². The zero-order valence-electron chi connectivity index (χ0n) is 10.1. The van der Waals surface area contributed by atoms with Crippen molar-refractivity contribution in [1.29, 1.82) is 0 Å². The molecule has 0 unspecified atom stereocenters. The molecule has 1 aliphatic carbocycles. The largest absolute Gasteiger partial charge is 0.385 e. The van der Waals surface area contributed by atoms with Crippen molar-refractivity contribution in [2.45, 2.75) is 39.2 Å². The summed E-state index contributed by atoms with van der Waals surface area (Å²) < 4.78 is 13.2. The molecule has 1 N–H and O–H groups in total. The third kappa shape index (κ3) is 1.86. The van der Waals surface area contributed by atoms with Crippen LogP contribution in [-0.2, 0) is 5.60 Å². The predicted octanol–water partition coefficient (Wildman–Crippen LogP) is 3.39. The van der Waals surface area contributed by atoms with E-state index in [2.05, 4.69) is 13.8 Å². The van der Waals surface area contributed by atoms with Crippen LogP contribution in [0.1, 0.15) is 37.8 Å². The highest BCUT2D eigenvalue weighted by Crippen LogP contribution is 2.49. The van der Waals surface area contributed by atoms with Gasteiger partial charge in [-0.1, -0.05) is 19.9 Å². The third-order valence-electron chi connectivity index (χ3n) is 3.84. The first-order valence-corrected chi connectivity index (χ1v) is 5.91. The van der Waals surface area contributed by atoms with Crippen molar-refractivity contribution in [1.82, 2.24) is 0 Å². The monoisotopic (exact) mass is 222 g/mol. The SMILES string of the molecule is Cc1ccc(F)cc1C1(O)CC(C(C)C)C1. The van der Waals surface area contributed by atoms with Crippen LogP contribution in [-0.4, -0.2) is 5.11 Å². The summed E-state index contributed by atoms with van der Waals surface area (Å²) in [5.74, 6) is 0.892. The predicted molar refractivity (Wildman–Crippen MR) is 62.6 cm³/mol. The minimum Gasteiger partial charge on any atom is -0.385 e. The van der Waals surface area contributed by atoms with Gasteiger partial charge in [0.1, 0.15) is 5.82 Å². The van der Waals surface area contributed by atoms with E-state index in [0.717, 1.165) is 24.0 Å². The van der Waals surface area contributed by atoms with E-state index >= 15 is 0 Å². The number of aryl methyl sites for hydroxylation is 1. The van der Waals surface area contributed by atoms with Crippen molar-refractivity contribution in [3.63, 3.8) is 0 Å². The Morgan fingerprint density at radius 3 is 2.56 bits per heavy atom. The molecule has 88 valence electrons. The summed E-state index contributed by atoms with van der Waals surface area (Å²) in [6.07, 6.45) is 1.52.